The molecule has 0 N–H and O–H groups in total. The highest BCUT2D eigenvalue weighted by molar-refractivity contribution is 5.82. The maximum atomic E-state index is 14.5. The van der Waals surface area contributed by atoms with Crippen molar-refractivity contribution in [2.75, 3.05) is 20.3 Å². The zero-order valence-corrected chi connectivity index (χ0v) is 15.0. The molecule has 1 aromatic carbocycles. The third-order valence-electron chi connectivity index (χ3n) is 6.00. The highest BCUT2D eigenvalue weighted by atomic mass is 19.1. The first-order valence-electron chi connectivity index (χ1n) is 8.99. The molecule has 4 rings (SSSR count). The van der Waals surface area contributed by atoms with Crippen LogP contribution in [-0.4, -0.2) is 53.8 Å². The maximum absolute atomic E-state index is 14.5. The first-order valence-corrected chi connectivity index (χ1v) is 8.99. The molecule has 0 aromatic heterocycles. The van der Waals surface area contributed by atoms with Gasteiger partial charge in [-0.05, 0) is 12.0 Å². The zero-order valence-electron chi connectivity index (χ0n) is 15.0. The van der Waals surface area contributed by atoms with Crippen LogP contribution in [0.2, 0.25) is 0 Å². The van der Waals surface area contributed by atoms with Crippen molar-refractivity contribution in [3.05, 3.63) is 29.6 Å². The van der Waals surface area contributed by atoms with E-state index in [1.54, 1.807) is 18.2 Å². The van der Waals surface area contributed by atoms with Crippen LogP contribution < -0.4 is 4.74 Å². The Kier molecular flexibility index (Phi) is 4.00. The second kappa shape index (κ2) is 5.95. The van der Waals surface area contributed by atoms with Gasteiger partial charge in [-0.25, -0.2) is 4.39 Å². The lowest BCUT2D eigenvalue weighted by Crippen LogP contribution is -2.50. The van der Waals surface area contributed by atoms with E-state index in [2.05, 4.69) is 18.7 Å². The number of hydrogen-bond acceptors (Lipinski definition) is 4. The van der Waals surface area contributed by atoms with Gasteiger partial charge in [-0.2, -0.15) is 0 Å². The Morgan fingerprint density at radius 2 is 2.24 bits per heavy atom. The van der Waals surface area contributed by atoms with Crippen molar-refractivity contribution in [1.82, 2.24) is 9.80 Å². The molecule has 0 saturated carbocycles. The number of carbonyl (C=O) groups excluding carboxylic acids is 1. The molecule has 3 heterocycles. The monoisotopic (exact) mass is 348 g/mol. The molecule has 1 aromatic rings. The molecule has 0 radical (unpaired) electrons. The van der Waals surface area contributed by atoms with Crippen LogP contribution in [0.1, 0.15) is 32.3 Å². The van der Waals surface area contributed by atoms with E-state index < -0.39 is 5.72 Å². The summed E-state index contributed by atoms with van der Waals surface area (Å²) in [5.74, 6) is 0.469. The third kappa shape index (κ3) is 2.38. The molecule has 1 amide bonds. The minimum absolute atomic E-state index is 0.00523. The SMILES string of the molecule is COc1cccc(CN2CC[C@@]34OC[C@@H](C(C)C)N3C(=O)C[C@@H]24)c1F. The van der Waals surface area contributed by atoms with Crippen LogP contribution in [0.4, 0.5) is 4.39 Å². The molecular weight excluding hydrogens is 323 g/mol. The lowest BCUT2D eigenvalue weighted by Gasteiger charge is -2.34. The van der Waals surface area contributed by atoms with Gasteiger partial charge in [0.1, 0.15) is 0 Å². The molecular formula is C19H25FN2O3. The molecule has 0 unspecified atom stereocenters. The van der Waals surface area contributed by atoms with Crippen molar-refractivity contribution < 1.29 is 18.7 Å². The van der Waals surface area contributed by atoms with Crippen LogP contribution in [0, 0.1) is 11.7 Å². The first kappa shape index (κ1) is 16.8. The Bertz CT molecular complexity index is 695. The number of benzene rings is 1. The van der Waals surface area contributed by atoms with Crippen molar-refractivity contribution in [3.8, 4) is 5.75 Å². The quantitative estimate of drug-likeness (QED) is 0.838. The van der Waals surface area contributed by atoms with E-state index >= 15 is 0 Å². The molecule has 5 nitrogen and oxygen atoms in total. The smallest absolute Gasteiger partial charge is 0.226 e. The molecule has 0 aliphatic carbocycles. The zero-order chi connectivity index (χ0) is 17.8. The largest absolute Gasteiger partial charge is 0.494 e. The molecule has 3 fully saturated rings. The molecule has 3 atom stereocenters. The molecule has 6 heteroatoms. The predicted molar refractivity (Wildman–Crippen MR) is 90.5 cm³/mol. The van der Waals surface area contributed by atoms with Gasteiger partial charge >= 0.3 is 0 Å². The Morgan fingerprint density at radius 1 is 1.44 bits per heavy atom. The van der Waals surface area contributed by atoms with E-state index in [1.807, 2.05) is 4.90 Å². The fourth-order valence-corrected chi connectivity index (χ4v) is 4.70. The van der Waals surface area contributed by atoms with Gasteiger partial charge in [0.05, 0.1) is 25.8 Å². The Hall–Kier alpha value is -1.66. The first-order chi connectivity index (χ1) is 12.0. The van der Waals surface area contributed by atoms with Gasteiger partial charge in [0.25, 0.3) is 0 Å². The van der Waals surface area contributed by atoms with Gasteiger partial charge in [-0.15, -0.1) is 0 Å². The average Bonchev–Trinajstić information content (AvgIpc) is 3.20. The highest BCUT2D eigenvalue weighted by Gasteiger charge is 2.64. The molecule has 3 aliphatic heterocycles. The Morgan fingerprint density at radius 3 is 2.96 bits per heavy atom. The average molecular weight is 348 g/mol. The summed E-state index contributed by atoms with van der Waals surface area (Å²) in [6, 6.07) is 5.35. The normalized spacial score (nSPS) is 31.7. The van der Waals surface area contributed by atoms with Crippen LogP contribution in [-0.2, 0) is 16.1 Å². The molecule has 1 spiro atoms. The number of likely N-dealkylation sites (tertiary alicyclic amines) is 1. The number of hydrogen-bond donors (Lipinski definition) is 0. The van der Waals surface area contributed by atoms with Crippen molar-refractivity contribution in [1.29, 1.82) is 0 Å². The second-order valence-electron chi connectivity index (χ2n) is 7.60. The van der Waals surface area contributed by atoms with E-state index in [0.717, 1.165) is 13.0 Å². The third-order valence-corrected chi connectivity index (χ3v) is 6.00. The van der Waals surface area contributed by atoms with Gasteiger partial charge in [-0.3, -0.25) is 9.69 Å². The fraction of sp³-hybridized carbons (Fsp3) is 0.632. The van der Waals surface area contributed by atoms with Crippen LogP contribution in [0.15, 0.2) is 18.2 Å². The standard InChI is InChI=1S/C19H25FN2O3/c1-12(2)14-11-25-19-7-8-21(16(19)9-17(23)22(14)19)10-13-5-4-6-15(24-3)18(13)20/h4-6,12,14,16H,7-11H2,1-3H3/t14-,16+,19-/m0/s1. The van der Waals surface area contributed by atoms with Crippen LogP contribution in [0.5, 0.6) is 5.75 Å². The topological polar surface area (TPSA) is 42.0 Å². The summed E-state index contributed by atoms with van der Waals surface area (Å²) < 4.78 is 25.8. The van der Waals surface area contributed by atoms with Crippen molar-refractivity contribution in [3.63, 3.8) is 0 Å². The van der Waals surface area contributed by atoms with E-state index in [1.165, 1.54) is 7.11 Å². The lowest BCUT2D eigenvalue weighted by atomic mass is 10.0. The summed E-state index contributed by atoms with van der Waals surface area (Å²) >= 11 is 0. The van der Waals surface area contributed by atoms with Crippen molar-refractivity contribution in [2.24, 2.45) is 5.92 Å². The van der Waals surface area contributed by atoms with Crippen molar-refractivity contribution in [2.45, 2.75) is 51.0 Å². The highest BCUT2D eigenvalue weighted by Crippen LogP contribution is 2.49. The Labute approximate surface area is 147 Å². The van der Waals surface area contributed by atoms with Crippen LogP contribution >= 0.6 is 0 Å². The Balaban J connectivity index is 1.59. The van der Waals surface area contributed by atoms with Crippen LogP contribution in [0.25, 0.3) is 0 Å². The number of nitrogens with zero attached hydrogens (tertiary/aromatic N) is 2. The summed E-state index contributed by atoms with van der Waals surface area (Å²) in [4.78, 5) is 16.9. The predicted octanol–water partition coefficient (Wildman–Crippen LogP) is 2.39. The van der Waals surface area contributed by atoms with Gasteiger partial charge in [0.15, 0.2) is 17.3 Å². The second-order valence-corrected chi connectivity index (χ2v) is 7.60. The van der Waals surface area contributed by atoms with Crippen molar-refractivity contribution >= 4 is 5.91 Å². The van der Waals surface area contributed by atoms with E-state index in [0.29, 0.717) is 31.1 Å². The summed E-state index contributed by atoms with van der Waals surface area (Å²) in [6.07, 6.45) is 1.24. The van der Waals surface area contributed by atoms with Crippen LogP contribution in [0.3, 0.4) is 0 Å². The molecule has 3 aliphatic rings. The number of methoxy groups -OCH3 is 1. The van der Waals surface area contributed by atoms with E-state index in [-0.39, 0.29) is 29.6 Å². The van der Waals surface area contributed by atoms with Gasteiger partial charge in [0, 0.05) is 31.5 Å². The van der Waals surface area contributed by atoms with E-state index in [4.69, 9.17) is 9.47 Å². The minimum Gasteiger partial charge on any atom is -0.494 e. The number of halogens is 1. The number of rotatable bonds is 4. The number of ether oxygens (including phenoxy) is 2. The van der Waals surface area contributed by atoms with E-state index in [9.17, 15) is 9.18 Å². The number of amides is 1. The lowest BCUT2D eigenvalue weighted by molar-refractivity contribution is -0.139. The van der Waals surface area contributed by atoms with Gasteiger partial charge < -0.3 is 14.4 Å². The summed E-state index contributed by atoms with van der Waals surface area (Å²) in [5.41, 5.74) is 0.0853. The maximum Gasteiger partial charge on any atom is 0.226 e. The minimum atomic E-state index is -0.513. The van der Waals surface area contributed by atoms with Gasteiger partial charge in [-0.1, -0.05) is 26.0 Å². The fourth-order valence-electron chi connectivity index (χ4n) is 4.70. The van der Waals surface area contributed by atoms with Gasteiger partial charge in [0.2, 0.25) is 5.91 Å². The molecule has 25 heavy (non-hydrogen) atoms. The number of carbonyl (C=O) groups is 1. The molecule has 136 valence electrons. The summed E-state index contributed by atoms with van der Waals surface area (Å²) in [6.45, 7) is 6.13. The summed E-state index contributed by atoms with van der Waals surface area (Å²) in [5, 5.41) is 0. The molecule has 0 bridgehead atoms. The summed E-state index contributed by atoms with van der Waals surface area (Å²) in [7, 11) is 1.47. The molecule has 3 saturated heterocycles.